The highest BCUT2D eigenvalue weighted by Gasteiger charge is 2.28. The zero-order valence-corrected chi connectivity index (χ0v) is 65.9. The first-order valence-corrected chi connectivity index (χ1v) is 39.4. The molecule has 3 N–H and O–H groups in total. The number of para-hydroxylation sites is 5. The molecule has 5 aromatic carbocycles. The predicted octanol–water partition coefficient (Wildman–Crippen LogP) is 14.2. The van der Waals surface area contributed by atoms with Crippen LogP contribution in [0.3, 0.4) is 0 Å². The van der Waals surface area contributed by atoms with Gasteiger partial charge < -0.3 is 72.6 Å². The van der Waals surface area contributed by atoms with Crippen molar-refractivity contribution < 1.29 is 42.6 Å². The molecule has 0 aliphatic carbocycles. The van der Waals surface area contributed by atoms with Gasteiger partial charge in [0.25, 0.3) is 17.7 Å². The highest BCUT2D eigenvalue weighted by atomic mass is 16.5. The molecule has 22 heteroatoms. The van der Waals surface area contributed by atoms with E-state index >= 15 is 0 Å². The van der Waals surface area contributed by atoms with E-state index in [-0.39, 0.29) is 23.6 Å². The largest absolute Gasteiger partial charge is 0.496 e. The van der Waals surface area contributed by atoms with Crippen LogP contribution in [0.2, 0.25) is 0 Å². The van der Waals surface area contributed by atoms with E-state index in [1.165, 1.54) is 5.56 Å². The summed E-state index contributed by atoms with van der Waals surface area (Å²) in [6.45, 7) is 30.3. The molecule has 5 aromatic heterocycles. The van der Waals surface area contributed by atoms with Gasteiger partial charge in [-0.15, -0.1) is 0 Å². The third-order valence-electron chi connectivity index (χ3n) is 21.0. The number of methoxy groups -OCH3 is 4. The third-order valence-corrected chi connectivity index (χ3v) is 21.0. The Balaban J connectivity index is 0.000000163. The number of hydrogen-bond acceptors (Lipinski definition) is 16. The maximum Gasteiger partial charge on any atom is 0.253 e. The maximum absolute atomic E-state index is 12.9. The van der Waals surface area contributed by atoms with Crippen LogP contribution in [0.15, 0.2) is 157 Å². The Morgan fingerprint density at radius 1 is 0.450 bits per heavy atom. The van der Waals surface area contributed by atoms with Crippen molar-refractivity contribution in [3.63, 3.8) is 0 Å². The van der Waals surface area contributed by atoms with Crippen molar-refractivity contribution in [3.8, 4) is 40.1 Å². The van der Waals surface area contributed by atoms with Crippen molar-refractivity contribution in [1.29, 1.82) is 0 Å². The quantitative estimate of drug-likeness (QED) is 0.0358. The van der Waals surface area contributed by atoms with E-state index in [0.29, 0.717) is 54.7 Å². The van der Waals surface area contributed by atoms with Crippen LogP contribution < -0.4 is 39.6 Å². The maximum atomic E-state index is 12.9. The standard InChI is InChI=1S/C29H36N6O3.C29H40N4O3.C29H39N3O3/c1-20(2)17-31-28(36)24-19-35(26-23(24)8-4-9-25(26)37-3)14-6-13-34-15-10-21(11-16-34)29-32-27(33-38-29)22-7-5-12-30-18-22;1-23(2)21-30-29(34)26-22-33(28-25(26)11-7-12-27(28)35-3)14-8-13-31-15-17-32(18-16-31)19-20-36-24-9-5-4-6-10-24;1-21(2)19-30-29(33)25-20-32(28-24(25)10-7-12-27(28)35-4)16-8-15-31-17-13-22(14-18-31)23-9-5-6-11-26(23)34-3/h4-5,7-9,12,18-21H,6,10-11,13-17H2,1-3H3,(H,31,36);4-7,9-12,22-23H,8,13-21H2,1-3H3,(H,30,34);5-7,9-12,20-22H,8,13-19H2,1-4H3,(H,30,33). The Kier molecular flexibility index (Phi) is 29.5. The van der Waals surface area contributed by atoms with Gasteiger partial charge in [0, 0.05) is 131 Å². The lowest BCUT2D eigenvalue weighted by Gasteiger charge is -2.34. The number of ether oxygens (including phenoxy) is 5. The van der Waals surface area contributed by atoms with Crippen LogP contribution in [0.1, 0.15) is 141 Å². The zero-order chi connectivity index (χ0) is 76.6. The van der Waals surface area contributed by atoms with Gasteiger partial charge >= 0.3 is 0 Å². The van der Waals surface area contributed by atoms with E-state index in [9.17, 15) is 14.4 Å². The van der Waals surface area contributed by atoms with E-state index in [1.807, 2.05) is 122 Å². The first-order valence-electron chi connectivity index (χ1n) is 39.4. The number of hydrogen-bond donors (Lipinski definition) is 3. The number of aryl methyl sites for hydroxylation is 3. The summed E-state index contributed by atoms with van der Waals surface area (Å²) in [5.41, 5.74) is 7.32. The summed E-state index contributed by atoms with van der Waals surface area (Å²) < 4.78 is 40.5. The number of carbonyl (C=O) groups excluding carboxylic acids is 3. The number of fused-ring (bicyclic) bond motifs is 3. The third kappa shape index (κ3) is 21.6. The molecule has 13 rings (SSSR count). The number of nitrogens with zero attached hydrogens (tertiary/aromatic N) is 10. The molecule has 8 heterocycles. The summed E-state index contributed by atoms with van der Waals surface area (Å²) in [5.74, 6) is 7.66. The lowest BCUT2D eigenvalue weighted by Crippen LogP contribution is -2.47. The highest BCUT2D eigenvalue weighted by Crippen LogP contribution is 2.37. The summed E-state index contributed by atoms with van der Waals surface area (Å²) in [4.78, 5) is 57.6. The summed E-state index contributed by atoms with van der Waals surface area (Å²) in [5, 5.41) is 16.2. The van der Waals surface area contributed by atoms with Crippen molar-refractivity contribution in [2.24, 2.45) is 17.8 Å². The Morgan fingerprint density at radius 2 is 0.853 bits per heavy atom. The number of carbonyl (C=O) groups is 3. The predicted molar refractivity (Wildman–Crippen MR) is 433 cm³/mol. The molecule has 10 aromatic rings. The number of amides is 3. The van der Waals surface area contributed by atoms with Gasteiger partial charge in [0.05, 0.1) is 61.7 Å². The van der Waals surface area contributed by atoms with Crippen molar-refractivity contribution in [2.75, 3.05) is 133 Å². The number of likely N-dealkylation sites (tertiary alicyclic amines) is 2. The van der Waals surface area contributed by atoms with Gasteiger partial charge in [-0.1, -0.05) is 119 Å². The first-order chi connectivity index (χ1) is 53.1. The lowest BCUT2D eigenvalue weighted by atomic mass is 9.89. The molecule has 0 spiro atoms. The normalized spacial score (nSPS) is 14.9. The fraction of sp³-hybridized carbons (Fsp3) is 0.471. The topological polar surface area (TPSA) is 213 Å². The molecule has 3 amide bonds. The van der Waals surface area contributed by atoms with E-state index < -0.39 is 0 Å². The number of piperazine rings is 1. The summed E-state index contributed by atoms with van der Waals surface area (Å²) in [6.07, 6.45) is 16.8. The first kappa shape index (κ1) is 80.3. The monoisotopic (exact) mass is 1490 g/mol. The van der Waals surface area contributed by atoms with Gasteiger partial charge in [-0.2, -0.15) is 4.98 Å². The van der Waals surface area contributed by atoms with Gasteiger partial charge in [0.1, 0.15) is 35.4 Å². The SMILES string of the molecule is COc1cccc2c(C(=O)NCC(C)C)cn(CCCN3CCC(c4nc(-c5cccnc5)no4)CC3)c12.COc1cccc2c(C(=O)NCC(C)C)cn(CCCN3CCN(CCOc4ccccc4)CC3)c12.COc1ccccc1C1CCN(CCCn2cc(C(=O)NCC(C)C)c3cccc(OC)c32)CC1. The fourth-order valence-corrected chi connectivity index (χ4v) is 15.0. The lowest BCUT2D eigenvalue weighted by molar-refractivity contribution is 0.0942. The number of nitrogens with one attached hydrogen (secondary N) is 3. The zero-order valence-electron chi connectivity index (χ0n) is 65.9. The second-order valence-corrected chi connectivity index (χ2v) is 30.2. The van der Waals surface area contributed by atoms with Crippen LogP contribution in [0, 0.1) is 17.8 Å². The van der Waals surface area contributed by atoms with E-state index in [2.05, 4.69) is 124 Å². The molecule has 109 heavy (non-hydrogen) atoms. The van der Waals surface area contributed by atoms with Crippen LogP contribution in [0.5, 0.6) is 28.7 Å². The smallest absolute Gasteiger partial charge is 0.253 e. The molecule has 582 valence electrons. The summed E-state index contributed by atoms with van der Waals surface area (Å²) in [6, 6.07) is 40.0. The van der Waals surface area contributed by atoms with E-state index in [4.69, 9.17) is 28.2 Å². The van der Waals surface area contributed by atoms with Gasteiger partial charge in [-0.25, -0.2) is 0 Å². The fourth-order valence-electron chi connectivity index (χ4n) is 15.0. The molecule has 0 saturated carbocycles. The molecule has 22 nitrogen and oxygen atoms in total. The van der Waals surface area contributed by atoms with Crippen LogP contribution in [-0.2, 0) is 19.6 Å². The molecule has 0 bridgehead atoms. The second kappa shape index (κ2) is 40.1. The van der Waals surface area contributed by atoms with Gasteiger partial charge in [-0.05, 0) is 169 Å². The second-order valence-electron chi connectivity index (χ2n) is 30.2. The van der Waals surface area contributed by atoms with E-state index in [0.717, 1.165) is 234 Å². The highest BCUT2D eigenvalue weighted by molar-refractivity contribution is 6.10. The summed E-state index contributed by atoms with van der Waals surface area (Å²) in [7, 11) is 6.82. The van der Waals surface area contributed by atoms with Crippen LogP contribution in [0.25, 0.3) is 44.1 Å². The molecule has 0 unspecified atom stereocenters. The van der Waals surface area contributed by atoms with Crippen molar-refractivity contribution in [1.82, 2.24) is 64.4 Å². The number of pyridine rings is 1. The Labute approximate surface area is 643 Å². The minimum atomic E-state index is -0.0366. The molecule has 3 aliphatic heterocycles. The van der Waals surface area contributed by atoms with Crippen LogP contribution in [0.4, 0.5) is 0 Å². The molecule has 3 fully saturated rings. The van der Waals surface area contributed by atoms with Gasteiger partial charge in [-0.3, -0.25) is 24.3 Å². The van der Waals surface area contributed by atoms with Crippen molar-refractivity contribution in [3.05, 3.63) is 180 Å². The number of aromatic nitrogens is 6. The molecule has 0 radical (unpaired) electrons. The molecule has 3 aliphatic rings. The molecular weight excluding hydrogens is 1370 g/mol. The number of benzene rings is 5. The Hall–Kier alpha value is -9.74. The summed E-state index contributed by atoms with van der Waals surface area (Å²) >= 11 is 0. The van der Waals surface area contributed by atoms with Crippen LogP contribution >= 0.6 is 0 Å². The Bertz CT molecular complexity index is 4490. The molecule has 3 saturated heterocycles. The average molecular weight is 1490 g/mol. The number of piperidine rings is 2. The van der Waals surface area contributed by atoms with Gasteiger partial charge in [0.15, 0.2) is 0 Å². The van der Waals surface area contributed by atoms with Gasteiger partial charge in [0.2, 0.25) is 11.7 Å². The van der Waals surface area contributed by atoms with Crippen molar-refractivity contribution >= 4 is 50.4 Å². The van der Waals surface area contributed by atoms with Crippen LogP contribution in [-0.4, -0.2) is 199 Å². The molecular formula is C87H115N13O9. The minimum absolute atomic E-state index is 0.0193. The molecule has 0 atom stereocenters. The minimum Gasteiger partial charge on any atom is -0.496 e. The van der Waals surface area contributed by atoms with Crippen molar-refractivity contribution in [2.45, 2.75) is 118 Å². The van der Waals surface area contributed by atoms with E-state index in [1.54, 1.807) is 40.8 Å². The number of rotatable bonds is 32. The average Bonchev–Trinajstić information content (AvgIpc) is 1.65. The Morgan fingerprint density at radius 3 is 1.28 bits per heavy atom.